The Morgan fingerprint density at radius 2 is 1.71 bits per heavy atom. The standard InChI is InChI=1S/C19H22N4O/c20-16-7-5-15(6-8-16)9-10-22-11-13-23(14-12-22)19-17-3-1-2-4-18(17)24-21-19/h1-8H,9-14,20H2. The van der Waals surface area contributed by atoms with Gasteiger partial charge in [-0.2, -0.15) is 0 Å². The Kier molecular flexibility index (Phi) is 4.09. The van der Waals surface area contributed by atoms with E-state index in [9.17, 15) is 0 Å². The maximum atomic E-state index is 5.74. The summed E-state index contributed by atoms with van der Waals surface area (Å²) in [6, 6.07) is 16.2. The molecule has 1 aliphatic rings. The molecule has 0 atom stereocenters. The van der Waals surface area contributed by atoms with E-state index in [1.165, 1.54) is 5.56 Å². The molecule has 0 aliphatic carbocycles. The average Bonchev–Trinajstić information content (AvgIpc) is 3.06. The zero-order valence-corrected chi connectivity index (χ0v) is 13.7. The van der Waals surface area contributed by atoms with Crippen molar-refractivity contribution in [3.63, 3.8) is 0 Å². The van der Waals surface area contributed by atoms with Crippen LogP contribution in [-0.4, -0.2) is 42.8 Å². The number of para-hydroxylation sites is 1. The Bertz CT molecular complexity index is 804. The predicted octanol–water partition coefficient (Wildman–Crippen LogP) is 2.77. The number of benzene rings is 2. The van der Waals surface area contributed by atoms with Crippen LogP contribution in [-0.2, 0) is 6.42 Å². The van der Waals surface area contributed by atoms with Crippen LogP contribution in [0.4, 0.5) is 11.5 Å². The molecule has 2 aromatic carbocycles. The molecule has 0 bridgehead atoms. The molecule has 1 saturated heterocycles. The van der Waals surface area contributed by atoms with Crippen LogP contribution >= 0.6 is 0 Å². The van der Waals surface area contributed by atoms with Crippen LogP contribution in [0.5, 0.6) is 0 Å². The fourth-order valence-electron chi connectivity index (χ4n) is 3.26. The predicted molar refractivity (Wildman–Crippen MR) is 97.2 cm³/mol. The van der Waals surface area contributed by atoms with E-state index in [1.54, 1.807) is 0 Å². The van der Waals surface area contributed by atoms with E-state index in [4.69, 9.17) is 10.3 Å². The van der Waals surface area contributed by atoms with E-state index in [0.717, 1.165) is 61.6 Å². The number of piperazine rings is 1. The van der Waals surface area contributed by atoms with Gasteiger partial charge in [-0.1, -0.05) is 29.4 Å². The first-order valence-corrected chi connectivity index (χ1v) is 8.46. The van der Waals surface area contributed by atoms with Crippen molar-refractivity contribution in [2.45, 2.75) is 6.42 Å². The van der Waals surface area contributed by atoms with Gasteiger partial charge in [0.25, 0.3) is 0 Å². The maximum Gasteiger partial charge on any atom is 0.180 e. The Labute approximate surface area is 141 Å². The van der Waals surface area contributed by atoms with Crippen molar-refractivity contribution in [3.05, 3.63) is 54.1 Å². The van der Waals surface area contributed by atoms with Gasteiger partial charge in [-0.25, -0.2) is 0 Å². The summed E-state index contributed by atoms with van der Waals surface area (Å²) in [7, 11) is 0. The van der Waals surface area contributed by atoms with Gasteiger partial charge < -0.3 is 15.2 Å². The van der Waals surface area contributed by atoms with Gasteiger partial charge in [0.05, 0.1) is 5.39 Å². The lowest BCUT2D eigenvalue weighted by atomic mass is 10.1. The summed E-state index contributed by atoms with van der Waals surface area (Å²) in [4.78, 5) is 4.83. The minimum atomic E-state index is 0.826. The lowest BCUT2D eigenvalue weighted by Gasteiger charge is -2.34. The number of nitrogens with zero attached hydrogens (tertiary/aromatic N) is 3. The maximum absolute atomic E-state index is 5.74. The minimum Gasteiger partial charge on any atom is -0.399 e. The van der Waals surface area contributed by atoms with Crippen LogP contribution in [0.1, 0.15) is 5.56 Å². The molecule has 1 aromatic heterocycles. The number of nitrogens with two attached hydrogens (primary N) is 1. The summed E-state index contributed by atoms with van der Waals surface area (Å²) in [5.41, 5.74) is 8.76. The molecular weight excluding hydrogens is 300 g/mol. The summed E-state index contributed by atoms with van der Waals surface area (Å²) < 4.78 is 5.43. The first-order chi connectivity index (χ1) is 11.8. The highest BCUT2D eigenvalue weighted by molar-refractivity contribution is 5.88. The number of fused-ring (bicyclic) bond motifs is 1. The number of nitrogen functional groups attached to an aromatic ring is 1. The van der Waals surface area contributed by atoms with Gasteiger partial charge in [0.1, 0.15) is 0 Å². The van der Waals surface area contributed by atoms with Gasteiger partial charge >= 0.3 is 0 Å². The molecule has 1 aliphatic heterocycles. The van der Waals surface area contributed by atoms with E-state index in [2.05, 4.69) is 33.2 Å². The number of aromatic nitrogens is 1. The Morgan fingerprint density at radius 1 is 0.958 bits per heavy atom. The third kappa shape index (κ3) is 3.08. The van der Waals surface area contributed by atoms with E-state index >= 15 is 0 Å². The Hall–Kier alpha value is -2.53. The summed E-state index contributed by atoms with van der Waals surface area (Å²) in [6.45, 7) is 5.15. The van der Waals surface area contributed by atoms with Crippen molar-refractivity contribution in [1.29, 1.82) is 0 Å². The molecule has 5 heteroatoms. The van der Waals surface area contributed by atoms with Crippen LogP contribution in [0.15, 0.2) is 53.1 Å². The van der Waals surface area contributed by atoms with Crippen molar-refractivity contribution in [2.24, 2.45) is 0 Å². The summed E-state index contributed by atoms with van der Waals surface area (Å²) in [6.07, 6.45) is 1.06. The lowest BCUT2D eigenvalue weighted by Crippen LogP contribution is -2.47. The third-order valence-corrected chi connectivity index (χ3v) is 4.73. The minimum absolute atomic E-state index is 0.826. The van der Waals surface area contributed by atoms with Crippen molar-refractivity contribution >= 4 is 22.5 Å². The molecule has 2 N–H and O–H groups in total. The van der Waals surface area contributed by atoms with Crippen LogP contribution in [0.2, 0.25) is 0 Å². The van der Waals surface area contributed by atoms with Crippen LogP contribution < -0.4 is 10.6 Å². The zero-order chi connectivity index (χ0) is 16.4. The molecule has 0 spiro atoms. The highest BCUT2D eigenvalue weighted by Crippen LogP contribution is 2.26. The van der Waals surface area contributed by atoms with Crippen LogP contribution in [0, 0.1) is 0 Å². The molecule has 4 rings (SSSR count). The van der Waals surface area contributed by atoms with Crippen LogP contribution in [0.3, 0.4) is 0 Å². The van der Waals surface area contributed by atoms with Crippen molar-refractivity contribution in [2.75, 3.05) is 43.4 Å². The second-order valence-electron chi connectivity index (χ2n) is 6.32. The molecule has 0 unspecified atom stereocenters. The van der Waals surface area contributed by atoms with E-state index in [1.807, 2.05) is 30.3 Å². The number of hydrogen-bond acceptors (Lipinski definition) is 5. The van der Waals surface area contributed by atoms with Gasteiger partial charge in [0, 0.05) is 38.4 Å². The number of rotatable bonds is 4. The van der Waals surface area contributed by atoms with Gasteiger partial charge in [0.15, 0.2) is 11.4 Å². The SMILES string of the molecule is Nc1ccc(CCN2CCN(c3noc4ccccc34)CC2)cc1. The van der Waals surface area contributed by atoms with E-state index in [0.29, 0.717) is 0 Å². The van der Waals surface area contributed by atoms with Gasteiger partial charge in [-0.15, -0.1) is 0 Å². The topological polar surface area (TPSA) is 58.5 Å². The smallest absolute Gasteiger partial charge is 0.180 e. The van der Waals surface area contributed by atoms with Crippen molar-refractivity contribution < 1.29 is 4.52 Å². The number of hydrogen-bond donors (Lipinski definition) is 1. The molecule has 24 heavy (non-hydrogen) atoms. The van der Waals surface area contributed by atoms with Gasteiger partial charge in [0.2, 0.25) is 0 Å². The number of anilines is 2. The summed E-state index contributed by atoms with van der Waals surface area (Å²) in [5.74, 6) is 0.976. The summed E-state index contributed by atoms with van der Waals surface area (Å²) >= 11 is 0. The lowest BCUT2D eigenvalue weighted by molar-refractivity contribution is 0.259. The van der Waals surface area contributed by atoms with Gasteiger partial charge in [-0.05, 0) is 36.2 Å². The molecule has 0 amide bonds. The fraction of sp³-hybridized carbons (Fsp3) is 0.316. The molecule has 0 saturated carbocycles. The summed E-state index contributed by atoms with van der Waals surface area (Å²) in [5, 5.41) is 5.37. The van der Waals surface area contributed by atoms with E-state index < -0.39 is 0 Å². The average molecular weight is 322 g/mol. The largest absolute Gasteiger partial charge is 0.399 e. The second kappa shape index (κ2) is 6.53. The highest BCUT2D eigenvalue weighted by atomic mass is 16.5. The second-order valence-corrected chi connectivity index (χ2v) is 6.32. The quantitative estimate of drug-likeness (QED) is 0.749. The highest BCUT2D eigenvalue weighted by Gasteiger charge is 2.21. The van der Waals surface area contributed by atoms with Crippen molar-refractivity contribution in [3.8, 4) is 0 Å². The Balaban J connectivity index is 1.34. The first kappa shape index (κ1) is 15.0. The van der Waals surface area contributed by atoms with Crippen molar-refractivity contribution in [1.82, 2.24) is 10.1 Å². The van der Waals surface area contributed by atoms with Gasteiger partial charge in [-0.3, -0.25) is 4.90 Å². The molecule has 2 heterocycles. The normalized spacial score (nSPS) is 15.9. The monoisotopic (exact) mass is 322 g/mol. The molecule has 3 aromatic rings. The Morgan fingerprint density at radius 3 is 2.50 bits per heavy atom. The zero-order valence-electron chi connectivity index (χ0n) is 13.7. The third-order valence-electron chi connectivity index (χ3n) is 4.73. The van der Waals surface area contributed by atoms with E-state index in [-0.39, 0.29) is 0 Å². The fourth-order valence-corrected chi connectivity index (χ4v) is 3.26. The molecule has 5 nitrogen and oxygen atoms in total. The first-order valence-electron chi connectivity index (χ1n) is 8.46. The molecular formula is C19H22N4O. The molecule has 124 valence electrons. The molecule has 1 fully saturated rings. The molecule has 0 radical (unpaired) electrons. The van der Waals surface area contributed by atoms with Crippen LogP contribution in [0.25, 0.3) is 11.0 Å².